The Morgan fingerprint density at radius 2 is 1.32 bits per heavy atom. The molecule has 3 aromatic heterocycles. The third kappa shape index (κ3) is 3.37. The van der Waals surface area contributed by atoms with Crippen LogP contribution in [-0.4, -0.2) is 5.78 Å². The lowest BCUT2D eigenvalue weighted by molar-refractivity contribution is 0.105. The maximum Gasteiger partial charge on any atom is 0.195 e. The normalized spacial score (nSPS) is 12.6. The first-order valence-electron chi connectivity index (χ1n) is 9.34. The van der Waals surface area contributed by atoms with Crippen LogP contribution in [0.5, 0.6) is 0 Å². The second-order valence-electron chi connectivity index (χ2n) is 6.75. The number of hydrogen-bond acceptors (Lipinski definition) is 6. The Labute approximate surface area is 191 Å². The highest BCUT2D eigenvalue weighted by molar-refractivity contribution is 7.26. The summed E-state index contributed by atoms with van der Waals surface area (Å²) in [6.07, 6.45) is 1.69. The van der Waals surface area contributed by atoms with Crippen LogP contribution in [0, 0.1) is 22.7 Å². The first kappa shape index (κ1) is 19.4. The zero-order chi connectivity index (χ0) is 21.4. The molecule has 0 saturated carbocycles. The van der Waals surface area contributed by atoms with E-state index in [0.29, 0.717) is 22.3 Å². The molecule has 0 atom stereocenters. The summed E-state index contributed by atoms with van der Waals surface area (Å²) in [5.74, 6) is -0.0894. The van der Waals surface area contributed by atoms with Gasteiger partial charge in [-0.2, -0.15) is 10.5 Å². The van der Waals surface area contributed by atoms with E-state index in [2.05, 4.69) is 23.6 Å². The summed E-state index contributed by atoms with van der Waals surface area (Å²) in [5.41, 5.74) is 2.17. The van der Waals surface area contributed by atoms with Crippen LogP contribution in [0.15, 0.2) is 77.7 Å². The summed E-state index contributed by atoms with van der Waals surface area (Å²) in [5, 5.41) is 20.9. The van der Waals surface area contributed by atoms with E-state index in [1.165, 1.54) is 9.75 Å². The molecule has 6 heteroatoms. The van der Waals surface area contributed by atoms with Gasteiger partial charge in [-0.25, -0.2) is 0 Å². The van der Waals surface area contributed by atoms with Crippen molar-refractivity contribution in [3.63, 3.8) is 0 Å². The summed E-state index contributed by atoms with van der Waals surface area (Å²) < 4.78 is 0. The van der Waals surface area contributed by atoms with Gasteiger partial charge in [0.15, 0.2) is 5.78 Å². The van der Waals surface area contributed by atoms with Crippen molar-refractivity contribution in [2.75, 3.05) is 0 Å². The van der Waals surface area contributed by atoms with E-state index in [4.69, 9.17) is 0 Å². The van der Waals surface area contributed by atoms with Crippen LogP contribution in [0.2, 0.25) is 0 Å². The summed E-state index contributed by atoms with van der Waals surface area (Å²) >= 11 is 4.99. The third-order valence-electron chi connectivity index (χ3n) is 4.97. The van der Waals surface area contributed by atoms with E-state index in [9.17, 15) is 15.3 Å². The Morgan fingerprint density at radius 1 is 0.710 bits per heavy atom. The van der Waals surface area contributed by atoms with E-state index >= 15 is 0 Å². The number of thiophene rings is 3. The summed E-state index contributed by atoms with van der Waals surface area (Å²) in [6.45, 7) is 0. The van der Waals surface area contributed by atoms with Gasteiger partial charge in [0.05, 0.1) is 0 Å². The molecule has 1 aliphatic rings. The minimum Gasteiger partial charge on any atom is -0.289 e. The van der Waals surface area contributed by atoms with Crippen molar-refractivity contribution in [2.45, 2.75) is 0 Å². The molecule has 0 amide bonds. The van der Waals surface area contributed by atoms with Crippen LogP contribution in [0.4, 0.5) is 0 Å². The Morgan fingerprint density at radius 3 is 1.97 bits per heavy atom. The quantitative estimate of drug-likeness (QED) is 0.307. The number of rotatable bonds is 3. The Balaban J connectivity index is 1.58. The molecule has 0 unspecified atom stereocenters. The lowest BCUT2D eigenvalue weighted by Gasteiger charge is -2.17. The molecule has 31 heavy (non-hydrogen) atoms. The Bertz CT molecular complexity index is 1450. The van der Waals surface area contributed by atoms with E-state index in [1.54, 1.807) is 58.3 Å². The van der Waals surface area contributed by atoms with Gasteiger partial charge in [0.1, 0.15) is 17.7 Å². The molecule has 3 heterocycles. The number of carbonyl (C=O) groups excluding carboxylic acids is 1. The molecule has 146 valence electrons. The average Bonchev–Trinajstić information content (AvgIpc) is 3.56. The fourth-order valence-electron chi connectivity index (χ4n) is 3.52. The van der Waals surface area contributed by atoms with Gasteiger partial charge in [0, 0.05) is 41.1 Å². The van der Waals surface area contributed by atoms with Gasteiger partial charge in [0.2, 0.25) is 0 Å². The molecule has 0 N–H and O–H groups in total. The van der Waals surface area contributed by atoms with Crippen LogP contribution in [0.1, 0.15) is 20.8 Å². The number of carbonyl (C=O) groups is 1. The van der Waals surface area contributed by atoms with Crippen LogP contribution in [0.25, 0.3) is 30.7 Å². The average molecular weight is 453 g/mol. The van der Waals surface area contributed by atoms with Crippen LogP contribution >= 0.6 is 34.0 Å². The Kier molecular flexibility index (Phi) is 4.97. The van der Waals surface area contributed by atoms with Crippen molar-refractivity contribution >= 4 is 50.9 Å². The van der Waals surface area contributed by atoms with E-state index in [-0.39, 0.29) is 11.4 Å². The number of nitrogens with zero attached hydrogens (tertiary/aromatic N) is 2. The third-order valence-corrected chi connectivity index (χ3v) is 8.44. The van der Waals surface area contributed by atoms with E-state index < -0.39 is 0 Å². The monoisotopic (exact) mass is 452 g/mol. The number of hydrogen-bond donors (Lipinski definition) is 0. The highest BCUT2D eigenvalue weighted by Crippen LogP contribution is 2.42. The number of Topliss-reactive ketones (excluding diaryl/α,β-unsaturated/α-hetero) is 1. The number of benzene rings is 1. The molecule has 4 aromatic rings. The topological polar surface area (TPSA) is 64.7 Å². The minimum absolute atomic E-state index is 0.00748. The Hall–Kier alpha value is -3.55. The highest BCUT2D eigenvalue weighted by Gasteiger charge is 2.27. The molecule has 5 rings (SSSR count). The predicted molar refractivity (Wildman–Crippen MR) is 128 cm³/mol. The molecule has 0 radical (unpaired) electrons. The molecule has 0 saturated heterocycles. The van der Waals surface area contributed by atoms with E-state index in [0.717, 1.165) is 14.6 Å². The molecule has 0 aliphatic heterocycles. The smallest absolute Gasteiger partial charge is 0.195 e. The SMILES string of the molecule is N#CC(C#N)=C1C=C(c2ccc(-c3ccc(-c4cccs4)s3)s2)C(=O)c2ccccc21. The fraction of sp³-hybridized carbons (Fsp3) is 0. The fourth-order valence-corrected chi connectivity index (χ4v) is 6.47. The predicted octanol–water partition coefficient (Wildman–Crippen LogP) is 7.29. The van der Waals surface area contributed by atoms with Crippen molar-refractivity contribution in [1.29, 1.82) is 10.5 Å². The second-order valence-corrected chi connectivity index (χ2v) is 9.87. The number of allylic oxidation sites excluding steroid dienone is 4. The van der Waals surface area contributed by atoms with Crippen LogP contribution < -0.4 is 0 Å². The zero-order valence-electron chi connectivity index (χ0n) is 16.0. The zero-order valence-corrected chi connectivity index (χ0v) is 18.4. The van der Waals surface area contributed by atoms with Crippen LogP contribution in [-0.2, 0) is 0 Å². The molecular formula is C25H12N2OS3. The van der Waals surface area contributed by atoms with Gasteiger partial charge in [-0.05, 0) is 47.4 Å². The van der Waals surface area contributed by atoms with Crippen LogP contribution in [0.3, 0.4) is 0 Å². The van der Waals surface area contributed by atoms with Crippen molar-refractivity contribution in [2.24, 2.45) is 0 Å². The van der Waals surface area contributed by atoms with Gasteiger partial charge in [0.25, 0.3) is 0 Å². The number of fused-ring (bicyclic) bond motifs is 1. The van der Waals surface area contributed by atoms with Gasteiger partial charge in [-0.1, -0.05) is 30.3 Å². The molecule has 1 aromatic carbocycles. The molecular weight excluding hydrogens is 440 g/mol. The van der Waals surface area contributed by atoms with Gasteiger partial charge in [-0.15, -0.1) is 34.0 Å². The van der Waals surface area contributed by atoms with Crippen molar-refractivity contribution in [3.8, 4) is 31.6 Å². The maximum absolute atomic E-state index is 13.2. The minimum atomic E-state index is -0.0894. The molecule has 3 nitrogen and oxygen atoms in total. The van der Waals surface area contributed by atoms with Crippen molar-refractivity contribution in [3.05, 3.63) is 93.7 Å². The summed E-state index contributed by atoms with van der Waals surface area (Å²) in [7, 11) is 0. The largest absolute Gasteiger partial charge is 0.289 e. The van der Waals surface area contributed by atoms with Crippen molar-refractivity contribution < 1.29 is 4.79 Å². The first-order valence-corrected chi connectivity index (χ1v) is 11.9. The summed E-state index contributed by atoms with van der Waals surface area (Å²) in [6, 6.07) is 23.4. The summed E-state index contributed by atoms with van der Waals surface area (Å²) in [4.78, 5) is 18.7. The highest BCUT2D eigenvalue weighted by atomic mass is 32.1. The number of ketones is 1. The van der Waals surface area contributed by atoms with Gasteiger partial charge in [-0.3, -0.25) is 4.79 Å². The maximum atomic E-state index is 13.2. The molecule has 0 fully saturated rings. The van der Waals surface area contributed by atoms with Gasteiger partial charge < -0.3 is 0 Å². The lowest BCUT2D eigenvalue weighted by Crippen LogP contribution is -2.11. The first-order chi connectivity index (χ1) is 15.2. The lowest BCUT2D eigenvalue weighted by atomic mass is 9.84. The number of nitriles is 2. The van der Waals surface area contributed by atoms with Gasteiger partial charge >= 0.3 is 0 Å². The second kappa shape index (κ2) is 7.94. The standard InChI is InChI=1S/C25H12N2OS3/c26-13-15(14-27)18-12-19(25(28)17-5-2-1-4-16(17)18)20-7-8-23(30-20)24-10-9-22(31-24)21-6-3-11-29-21/h1-12H. The molecule has 0 spiro atoms. The van der Waals surface area contributed by atoms with E-state index in [1.807, 2.05) is 36.4 Å². The molecule has 0 bridgehead atoms. The van der Waals surface area contributed by atoms with Crippen molar-refractivity contribution in [1.82, 2.24) is 0 Å². The molecule has 1 aliphatic carbocycles.